The van der Waals surface area contributed by atoms with Crippen molar-refractivity contribution in [2.75, 3.05) is 13.1 Å². The van der Waals surface area contributed by atoms with E-state index in [1.54, 1.807) is 20.8 Å². The molecule has 0 radical (unpaired) electrons. The van der Waals surface area contributed by atoms with E-state index in [9.17, 15) is 126 Å². The number of carboxylic acids is 3. The number of hydrogen-bond donors (Lipinski definition) is 26. The van der Waals surface area contributed by atoms with E-state index < -0.39 is 271 Å². The lowest BCUT2D eigenvalue weighted by Crippen LogP contribution is -2.61. The summed E-state index contributed by atoms with van der Waals surface area (Å²) in [4.78, 5) is 287. The fourth-order valence-corrected chi connectivity index (χ4v) is 13.5. The Labute approximate surface area is 759 Å². The third-order valence-corrected chi connectivity index (χ3v) is 21.1. The molecule has 29 N–H and O–H groups in total. The number of benzene rings is 3. The van der Waals surface area contributed by atoms with Crippen molar-refractivity contribution in [3.05, 3.63) is 101 Å². The molecule has 2 aliphatic rings. The average Bonchev–Trinajstić information content (AvgIpc) is 1.58. The van der Waals surface area contributed by atoms with Gasteiger partial charge in [0.15, 0.2) is 11.6 Å². The molecule has 722 valence electrons. The number of aromatic nitrogens is 2. The van der Waals surface area contributed by atoms with Gasteiger partial charge < -0.3 is 142 Å². The highest BCUT2D eigenvalue weighted by Crippen LogP contribution is 2.57. The number of nitrogens with two attached hydrogens (primary N) is 3. The summed E-state index contributed by atoms with van der Waals surface area (Å²) in [5.41, 5.74) is 15.1. The van der Waals surface area contributed by atoms with Crippen LogP contribution in [0.15, 0.2) is 67.1 Å². The number of hydrogen-bond acceptors (Lipinski definition) is 27. The second kappa shape index (κ2) is 48.7. The Hall–Kier alpha value is -15.6. The Morgan fingerprint density at radius 3 is 1.38 bits per heavy atom. The SMILES string of the molecule is CC[C@H](C)[C@H](NC(=O)[C@H](CCC(=O)O)NC(=O)[C@H](C)NC(=O)[C@H](Cc1c[nH]cn1)NC(=O)[C@H](C)NC(=O)[C@H](C)NC(=O)[C@H](C)NC(=O)[C@@H](NC(=O)[C@H](C)NC(=O)[C@H](CCC(N)=O)NC(=O)c1ccc2c(c1)C1(OC2=O)c2ccc(O)cc2Oc2cc(O)ccc21)C(C)C)C(=O)N[C@@H](CC(N)=O)C(=O)N[C@@H](CCC(=O)O)C(=O)N[C@@H](C)C(=O)NCC(=O)N[C@@H](CCCNC(=N)N)C(=O)O. The first-order valence-corrected chi connectivity index (χ1v) is 42.0. The number of aromatic amines is 1. The predicted molar refractivity (Wildman–Crippen MR) is 461 cm³/mol. The molecular formula is C83H112N22O28. The lowest BCUT2D eigenvalue weighted by molar-refractivity contribution is -0.142. The number of carboxylic acid groups (broad SMARTS) is 3. The predicted octanol–water partition coefficient (Wildman–Crippen LogP) is -5.81. The minimum Gasteiger partial charge on any atom is -0.508 e. The molecule has 0 saturated carbocycles. The fourth-order valence-electron chi connectivity index (χ4n) is 13.5. The maximum absolute atomic E-state index is 14.3. The van der Waals surface area contributed by atoms with Crippen LogP contribution < -0.4 is 107 Å². The number of carbonyl (C=O) groups is 21. The summed E-state index contributed by atoms with van der Waals surface area (Å²) in [5.74, 6) is -25.2. The minimum absolute atomic E-state index is 0.0343. The third kappa shape index (κ3) is 30.8. The van der Waals surface area contributed by atoms with Crippen molar-refractivity contribution in [2.45, 2.75) is 230 Å². The number of ether oxygens (including phenoxy) is 2. The molecule has 50 heteroatoms. The molecule has 17 amide bonds. The van der Waals surface area contributed by atoms with E-state index in [0.717, 1.165) is 13.8 Å². The summed E-state index contributed by atoms with van der Waals surface area (Å²) in [6, 6.07) is -10.2. The third-order valence-electron chi connectivity index (χ3n) is 21.1. The summed E-state index contributed by atoms with van der Waals surface area (Å²) < 4.78 is 12.1. The zero-order valence-corrected chi connectivity index (χ0v) is 74.1. The number of carbonyl (C=O) groups excluding carboxylic acids is 18. The van der Waals surface area contributed by atoms with E-state index in [-0.39, 0.29) is 101 Å². The summed E-state index contributed by atoms with van der Waals surface area (Å²) in [6.45, 7) is 12.6. The molecule has 0 fully saturated rings. The highest BCUT2D eigenvalue weighted by atomic mass is 16.6. The van der Waals surface area contributed by atoms with Crippen LogP contribution in [0, 0.1) is 17.2 Å². The van der Waals surface area contributed by atoms with Crippen LogP contribution in [0.25, 0.3) is 0 Å². The Bertz CT molecular complexity index is 5030. The maximum atomic E-state index is 14.3. The van der Waals surface area contributed by atoms with E-state index in [4.69, 9.17) is 32.1 Å². The number of rotatable bonds is 51. The lowest BCUT2D eigenvalue weighted by atomic mass is 9.77. The summed E-state index contributed by atoms with van der Waals surface area (Å²) in [5, 5.41) is 94.6. The van der Waals surface area contributed by atoms with Gasteiger partial charge in [-0.15, -0.1) is 0 Å². The number of esters is 1. The number of phenols is 2. The quantitative estimate of drug-likeness (QED) is 0.00847. The van der Waals surface area contributed by atoms with Crippen LogP contribution in [0.4, 0.5) is 0 Å². The largest absolute Gasteiger partial charge is 0.508 e. The molecule has 0 aliphatic carbocycles. The number of H-pyrrole nitrogens is 1. The van der Waals surface area contributed by atoms with Crippen LogP contribution in [0.5, 0.6) is 23.0 Å². The first kappa shape index (κ1) is 106. The van der Waals surface area contributed by atoms with Crippen LogP contribution in [0.3, 0.4) is 0 Å². The van der Waals surface area contributed by atoms with Gasteiger partial charge in [-0.2, -0.15) is 0 Å². The molecule has 6 rings (SSSR count). The van der Waals surface area contributed by atoms with Crippen molar-refractivity contribution >= 4 is 130 Å². The molecule has 133 heavy (non-hydrogen) atoms. The van der Waals surface area contributed by atoms with Crippen LogP contribution in [0.2, 0.25) is 0 Å². The Kier molecular flexibility index (Phi) is 38.9. The monoisotopic (exact) mass is 1860 g/mol. The number of imidazole rings is 1. The number of nitrogens with one attached hydrogen (secondary N) is 18. The van der Waals surface area contributed by atoms with Gasteiger partial charge in [-0.1, -0.05) is 34.1 Å². The molecule has 1 aromatic heterocycles. The molecular weight excluding hydrogens is 1750 g/mol. The molecule has 0 saturated heterocycles. The number of phenolic OH excluding ortho intramolecular Hbond substituents is 2. The van der Waals surface area contributed by atoms with Gasteiger partial charge in [0.2, 0.25) is 94.5 Å². The molecule has 15 atom stereocenters. The number of fused-ring (bicyclic) bond motifs is 6. The molecule has 0 unspecified atom stereocenters. The molecule has 50 nitrogen and oxygen atoms in total. The standard InChI is InChI=1S/C83H112N22O28/c1-11-36(4)65(79(128)103-56(31-60(85)109)77(126)101-52(21-24-62(111)112)74(123)94-37(5)66(115)90-33-61(110)98-54(80(129)130)13-12-26-89-82(86)87)105-75(124)53(22-25-63(113)114)99-69(118)41(9)96-76(125)55(28-44-32-88-34-91-44)102-70(119)40(8)93-67(116)38(6)92-68(117)39(7)97-78(127)64(35(2)3)104-71(120)42(10)95-73(122)51(20-23-59(84)108)100-72(121)43-14-17-47-50(27-43)83(133-81(47)131)48-18-15-45(106)29-57(48)132-58-30-46(107)16-19-49(58)83/h14-19,27,29-30,32,34-42,51-56,64-65,106-107H,11-13,20-26,28,31,33H2,1-10H3,(H2,84,108)(H2,85,109)(H,88,91)(H,90,115)(H,92,117)(H,93,116)(H,94,123)(H,95,122)(H,96,125)(H,97,127)(H,98,110)(H,99,118)(H,100,121)(H,101,126)(H,102,119)(H,103,128)(H,104,120)(H,105,124)(H,111,112)(H,113,114)(H,129,130)(H4,86,87,89)/t36-,37-,38-,39-,40-,41-,42-,51-,52-,53-,54-,55-,56-,64-,65-/m0/s1. The molecule has 2 aliphatic heterocycles. The molecule has 3 aromatic carbocycles. The zero-order valence-electron chi connectivity index (χ0n) is 74.1. The second-order valence-corrected chi connectivity index (χ2v) is 32.0. The van der Waals surface area contributed by atoms with Crippen molar-refractivity contribution in [1.29, 1.82) is 5.41 Å². The van der Waals surface area contributed by atoms with Gasteiger partial charge >= 0.3 is 23.9 Å². The Balaban J connectivity index is 1.03. The molecule has 4 aromatic rings. The van der Waals surface area contributed by atoms with Crippen molar-refractivity contribution in [1.82, 2.24) is 95.0 Å². The van der Waals surface area contributed by atoms with Gasteiger partial charge in [0.05, 0.1) is 30.6 Å². The number of aromatic hydroxyl groups is 2. The van der Waals surface area contributed by atoms with Gasteiger partial charge in [-0.05, 0) is 128 Å². The van der Waals surface area contributed by atoms with E-state index in [0.29, 0.717) is 0 Å². The van der Waals surface area contributed by atoms with E-state index in [2.05, 4.69) is 95.0 Å². The van der Waals surface area contributed by atoms with Crippen molar-refractivity contribution in [3.8, 4) is 23.0 Å². The van der Waals surface area contributed by atoms with Gasteiger partial charge in [0.1, 0.15) is 108 Å². The number of guanidine groups is 1. The highest BCUT2D eigenvalue weighted by molar-refractivity contribution is 6.04. The van der Waals surface area contributed by atoms with Gasteiger partial charge in [-0.3, -0.25) is 96.5 Å². The van der Waals surface area contributed by atoms with Crippen LogP contribution in [-0.2, 0) is 108 Å². The van der Waals surface area contributed by atoms with Crippen molar-refractivity contribution < 1.29 is 136 Å². The Morgan fingerprint density at radius 1 is 0.459 bits per heavy atom. The lowest BCUT2D eigenvalue weighted by Gasteiger charge is -2.36. The first-order chi connectivity index (χ1) is 62.4. The number of aliphatic carboxylic acids is 3. The fraction of sp³-hybridized carbons (Fsp3) is 0.482. The summed E-state index contributed by atoms with van der Waals surface area (Å²) >= 11 is 0. The molecule has 1 spiro atoms. The van der Waals surface area contributed by atoms with Crippen molar-refractivity contribution in [3.63, 3.8) is 0 Å². The summed E-state index contributed by atoms with van der Waals surface area (Å²) in [6.07, 6.45) is -2.34. The Morgan fingerprint density at radius 2 is 0.895 bits per heavy atom. The van der Waals surface area contributed by atoms with E-state index in [1.807, 2.05) is 0 Å². The maximum Gasteiger partial charge on any atom is 0.340 e. The van der Waals surface area contributed by atoms with Crippen molar-refractivity contribution in [2.24, 2.45) is 29.0 Å². The number of nitrogens with zero attached hydrogens (tertiary/aromatic N) is 1. The normalized spacial score (nSPS) is 15.3. The van der Waals surface area contributed by atoms with Crippen LogP contribution >= 0.6 is 0 Å². The minimum atomic E-state index is -1.98. The van der Waals surface area contributed by atoms with E-state index >= 15 is 0 Å². The molecule has 3 heterocycles. The van der Waals surface area contributed by atoms with Gasteiger partial charge in [-0.25, -0.2) is 14.6 Å². The second-order valence-electron chi connectivity index (χ2n) is 32.0. The van der Waals surface area contributed by atoms with E-state index in [1.165, 1.54) is 102 Å². The van der Waals surface area contributed by atoms with Gasteiger partial charge in [0.25, 0.3) is 5.91 Å². The van der Waals surface area contributed by atoms with Gasteiger partial charge in [0, 0.05) is 72.8 Å². The average molecular weight is 1870 g/mol. The number of primary amides is 2. The van der Waals surface area contributed by atoms with Crippen LogP contribution in [-0.4, -0.2) is 263 Å². The smallest absolute Gasteiger partial charge is 0.340 e. The highest BCUT2D eigenvalue weighted by Gasteiger charge is 2.54. The molecule has 0 bridgehead atoms. The van der Waals surface area contributed by atoms with Crippen LogP contribution in [0.1, 0.15) is 177 Å². The number of amides is 17. The first-order valence-electron chi connectivity index (χ1n) is 42.0. The topological polar surface area (TPSA) is 801 Å². The zero-order chi connectivity index (χ0) is 99.3. The summed E-state index contributed by atoms with van der Waals surface area (Å²) in [7, 11) is 0.